The summed E-state index contributed by atoms with van der Waals surface area (Å²) in [5.74, 6) is 5.51. The number of fused-ring (bicyclic) bond motifs is 1. The molecule has 0 bridgehead atoms. The van der Waals surface area contributed by atoms with Crippen LogP contribution in [-0.4, -0.2) is 39.1 Å². The number of unbranched alkanes of at least 4 members (excludes halogenated alkanes) is 1. The zero-order chi connectivity index (χ0) is 32.9. The molecule has 1 aromatic heterocycles. The summed E-state index contributed by atoms with van der Waals surface area (Å²) in [5.41, 5.74) is 3.32. The van der Waals surface area contributed by atoms with Crippen LogP contribution in [0.25, 0.3) is 16.7 Å². The van der Waals surface area contributed by atoms with Gasteiger partial charge in [0.1, 0.15) is 6.33 Å². The normalized spacial score (nSPS) is 14.0. The minimum atomic E-state index is 0. The van der Waals surface area contributed by atoms with Crippen LogP contribution < -0.4 is 0 Å². The second kappa shape index (κ2) is 25.9. The van der Waals surface area contributed by atoms with Gasteiger partial charge < -0.3 is 0 Å². The Morgan fingerprint density at radius 1 is 0.457 bits per heavy atom. The molecule has 0 radical (unpaired) electrons. The molecule has 2 aromatic carbocycles. The van der Waals surface area contributed by atoms with Gasteiger partial charge in [-0.3, -0.25) is 4.57 Å². The maximum absolute atomic E-state index is 4.36. The van der Waals surface area contributed by atoms with Gasteiger partial charge in [0.15, 0.2) is 0 Å². The number of nitrogens with zero attached hydrogens (tertiary/aromatic N) is 2. The van der Waals surface area contributed by atoms with Gasteiger partial charge in [0.25, 0.3) is 0 Å². The van der Waals surface area contributed by atoms with E-state index in [0.29, 0.717) is 0 Å². The van der Waals surface area contributed by atoms with E-state index in [4.69, 9.17) is 0 Å². The molecule has 2 nitrogen and oxygen atoms in total. The quantitative estimate of drug-likeness (QED) is 0.0789. The van der Waals surface area contributed by atoms with Crippen molar-refractivity contribution in [3.05, 3.63) is 60.9 Å². The van der Waals surface area contributed by atoms with Crippen LogP contribution in [0.4, 0.5) is 0 Å². The van der Waals surface area contributed by atoms with Crippen molar-refractivity contribution in [2.24, 2.45) is 35.5 Å². The standard InChI is InChI=1S/C30H62.C13H10N2.Na.H/c1-25(2)15-11-19-29(7)23-13-21-27(5)17-9-10-18-28(6)22-14-24-30(8)20-12-16-26(3)4;1-2-6-11(7-3-1)15-10-14-12-8-4-5-9-13(12)15;;/h25-30H,9-24H2,1-8H3;1-10H;;. The summed E-state index contributed by atoms with van der Waals surface area (Å²) in [4.78, 5) is 4.36. The molecule has 0 fully saturated rings. The number of para-hydroxylation sites is 3. The van der Waals surface area contributed by atoms with E-state index < -0.39 is 0 Å². The number of hydrogen-bond donors (Lipinski definition) is 0. The number of aromatic nitrogens is 2. The van der Waals surface area contributed by atoms with Crippen molar-refractivity contribution in [3.63, 3.8) is 0 Å². The van der Waals surface area contributed by atoms with E-state index in [1.165, 1.54) is 103 Å². The molecular formula is C43H73N2Na. The molecule has 3 rings (SSSR count). The van der Waals surface area contributed by atoms with Crippen LogP contribution in [-0.2, 0) is 0 Å². The zero-order valence-electron chi connectivity index (χ0n) is 30.9. The minimum Gasteiger partial charge on any atom is -0.299 e. The summed E-state index contributed by atoms with van der Waals surface area (Å²) in [6.45, 7) is 19.3. The third-order valence-corrected chi connectivity index (χ3v) is 9.88. The van der Waals surface area contributed by atoms with Gasteiger partial charge in [0.05, 0.1) is 11.0 Å². The van der Waals surface area contributed by atoms with Crippen LogP contribution in [0.15, 0.2) is 60.9 Å². The van der Waals surface area contributed by atoms with E-state index in [2.05, 4.69) is 83.1 Å². The zero-order valence-corrected chi connectivity index (χ0v) is 30.9. The molecule has 3 heteroatoms. The Bertz CT molecular complexity index is 1070. The third-order valence-electron chi connectivity index (χ3n) is 9.88. The van der Waals surface area contributed by atoms with Crippen molar-refractivity contribution in [1.29, 1.82) is 0 Å². The number of imidazole rings is 1. The summed E-state index contributed by atoms with van der Waals surface area (Å²) in [7, 11) is 0. The minimum absolute atomic E-state index is 0. The fourth-order valence-electron chi connectivity index (χ4n) is 6.70. The number of rotatable bonds is 22. The molecule has 1 heterocycles. The molecule has 3 aromatic rings. The Balaban J connectivity index is 0.000000543. The van der Waals surface area contributed by atoms with Crippen molar-refractivity contribution in [2.75, 3.05) is 0 Å². The maximum atomic E-state index is 4.36. The Kier molecular flexibility index (Phi) is 24.1. The van der Waals surface area contributed by atoms with Gasteiger partial charge in [-0.25, -0.2) is 4.98 Å². The molecule has 256 valence electrons. The Morgan fingerprint density at radius 3 is 1.26 bits per heavy atom. The van der Waals surface area contributed by atoms with Gasteiger partial charge >= 0.3 is 29.6 Å². The van der Waals surface area contributed by atoms with Gasteiger partial charge in [-0.15, -0.1) is 0 Å². The molecule has 46 heavy (non-hydrogen) atoms. The largest absolute Gasteiger partial charge is 0.299 e. The second-order valence-electron chi connectivity index (χ2n) is 15.7. The van der Waals surface area contributed by atoms with Crippen LogP contribution in [0.3, 0.4) is 0 Å². The molecule has 0 saturated heterocycles. The van der Waals surface area contributed by atoms with Gasteiger partial charge in [0, 0.05) is 5.69 Å². The van der Waals surface area contributed by atoms with Crippen molar-refractivity contribution >= 4 is 40.6 Å². The van der Waals surface area contributed by atoms with E-state index in [1.54, 1.807) is 0 Å². The summed E-state index contributed by atoms with van der Waals surface area (Å²) in [5, 5.41) is 0. The smallest absolute Gasteiger partial charge is 0.100 e. The molecular weight excluding hydrogens is 567 g/mol. The first-order valence-electron chi connectivity index (χ1n) is 19.1. The predicted octanol–water partition coefficient (Wildman–Crippen LogP) is 13.5. The van der Waals surface area contributed by atoms with E-state index in [0.717, 1.165) is 52.2 Å². The molecule has 0 aliphatic rings. The molecule has 4 atom stereocenters. The van der Waals surface area contributed by atoms with Crippen LogP contribution in [0, 0.1) is 35.5 Å². The fraction of sp³-hybridized carbons (Fsp3) is 0.698. The molecule has 0 N–H and O–H groups in total. The van der Waals surface area contributed by atoms with Crippen molar-refractivity contribution in [3.8, 4) is 5.69 Å². The summed E-state index contributed by atoms with van der Waals surface area (Å²) in [6, 6.07) is 18.4. The Morgan fingerprint density at radius 2 is 0.826 bits per heavy atom. The molecule has 4 unspecified atom stereocenters. The third kappa shape index (κ3) is 19.7. The fourth-order valence-corrected chi connectivity index (χ4v) is 6.70. The van der Waals surface area contributed by atoms with Gasteiger partial charge in [-0.1, -0.05) is 188 Å². The maximum Gasteiger partial charge on any atom is 0.100 e. The number of benzene rings is 2. The van der Waals surface area contributed by atoms with Crippen molar-refractivity contribution < 1.29 is 0 Å². The average Bonchev–Trinajstić information content (AvgIpc) is 3.44. The topological polar surface area (TPSA) is 17.8 Å². The van der Waals surface area contributed by atoms with Crippen LogP contribution in [0.2, 0.25) is 0 Å². The van der Waals surface area contributed by atoms with Crippen LogP contribution in [0.1, 0.15) is 158 Å². The number of hydrogen-bond acceptors (Lipinski definition) is 1. The summed E-state index contributed by atoms with van der Waals surface area (Å²) in [6.07, 6.45) is 25.0. The average molecular weight is 641 g/mol. The Labute approximate surface area is 308 Å². The predicted molar refractivity (Wildman–Crippen MR) is 208 cm³/mol. The molecule has 0 spiro atoms. The monoisotopic (exact) mass is 641 g/mol. The van der Waals surface area contributed by atoms with Crippen LogP contribution in [0.5, 0.6) is 0 Å². The van der Waals surface area contributed by atoms with Gasteiger partial charge in [-0.05, 0) is 59.8 Å². The SMILES string of the molecule is CC(C)CCCC(C)CCCC(C)CCCCC(C)CCCC(C)CCCC(C)C.[NaH].c1ccc(-n2cnc3ccccc32)cc1. The Hall–Kier alpha value is -1.09. The van der Waals surface area contributed by atoms with E-state index in [9.17, 15) is 0 Å². The molecule has 0 aliphatic heterocycles. The summed E-state index contributed by atoms with van der Waals surface area (Å²) >= 11 is 0. The van der Waals surface area contributed by atoms with Crippen molar-refractivity contribution in [2.45, 2.75) is 158 Å². The first-order chi connectivity index (χ1) is 21.7. The molecule has 0 saturated carbocycles. The first kappa shape index (κ1) is 42.9. The molecule has 0 amide bonds. The summed E-state index contributed by atoms with van der Waals surface area (Å²) < 4.78 is 2.09. The first-order valence-corrected chi connectivity index (χ1v) is 19.1. The second-order valence-corrected chi connectivity index (χ2v) is 15.7. The van der Waals surface area contributed by atoms with Gasteiger partial charge in [0.2, 0.25) is 0 Å². The van der Waals surface area contributed by atoms with E-state index in [-0.39, 0.29) is 29.6 Å². The van der Waals surface area contributed by atoms with Gasteiger partial charge in [-0.2, -0.15) is 0 Å². The van der Waals surface area contributed by atoms with Crippen LogP contribution >= 0.6 is 0 Å². The molecule has 0 aliphatic carbocycles. The van der Waals surface area contributed by atoms with E-state index in [1.807, 2.05) is 42.7 Å². The van der Waals surface area contributed by atoms with E-state index >= 15 is 0 Å². The van der Waals surface area contributed by atoms with Crippen molar-refractivity contribution in [1.82, 2.24) is 9.55 Å².